The van der Waals surface area contributed by atoms with Crippen molar-refractivity contribution in [3.63, 3.8) is 0 Å². The first kappa shape index (κ1) is 13.9. The Morgan fingerprint density at radius 2 is 2.05 bits per heavy atom. The minimum Gasteiger partial charge on any atom is -0.496 e. The second kappa shape index (κ2) is 5.77. The second-order valence-electron chi connectivity index (χ2n) is 4.84. The van der Waals surface area contributed by atoms with Crippen LogP contribution in [0.2, 0.25) is 0 Å². The molecule has 0 spiro atoms. The lowest BCUT2D eigenvalue weighted by Crippen LogP contribution is -2.25. The van der Waals surface area contributed by atoms with Crippen molar-refractivity contribution in [2.45, 2.75) is 6.42 Å². The minimum atomic E-state index is -0.417. The molecule has 22 heavy (non-hydrogen) atoms. The summed E-state index contributed by atoms with van der Waals surface area (Å²) in [6.07, 6.45) is 2.52. The molecule has 112 valence electrons. The van der Waals surface area contributed by atoms with Crippen molar-refractivity contribution < 1.29 is 14.5 Å². The normalized spacial score (nSPS) is 14.7. The molecule has 0 fully saturated rings. The highest BCUT2D eigenvalue weighted by Crippen LogP contribution is 2.33. The number of non-ortho nitro benzene ring substituents is 1. The van der Waals surface area contributed by atoms with Crippen LogP contribution in [0, 0.1) is 10.1 Å². The molecule has 0 amide bonds. The van der Waals surface area contributed by atoms with Gasteiger partial charge in [-0.2, -0.15) is 0 Å². The number of nitro benzene ring substituents is 1. The first-order chi connectivity index (χ1) is 10.7. The van der Waals surface area contributed by atoms with Crippen molar-refractivity contribution in [2.24, 2.45) is 0 Å². The first-order valence-electron chi connectivity index (χ1n) is 6.71. The lowest BCUT2D eigenvalue weighted by atomic mass is 10.0. The van der Waals surface area contributed by atoms with E-state index in [9.17, 15) is 10.1 Å². The fourth-order valence-corrected chi connectivity index (χ4v) is 2.33. The lowest BCUT2D eigenvalue weighted by molar-refractivity contribution is -0.384. The molecule has 1 aliphatic rings. The predicted octanol–water partition coefficient (Wildman–Crippen LogP) is 3.08. The first-order valence-corrected chi connectivity index (χ1v) is 6.71. The van der Waals surface area contributed by atoms with Gasteiger partial charge in [0.25, 0.3) is 5.69 Å². The zero-order chi connectivity index (χ0) is 15.5. The van der Waals surface area contributed by atoms with Crippen LogP contribution in [0.4, 0.5) is 5.69 Å². The van der Waals surface area contributed by atoms with E-state index in [-0.39, 0.29) is 5.69 Å². The number of nitrogens with zero attached hydrogens (tertiary/aromatic N) is 1. The van der Waals surface area contributed by atoms with Gasteiger partial charge in [0.2, 0.25) is 0 Å². The van der Waals surface area contributed by atoms with E-state index in [4.69, 9.17) is 9.57 Å². The van der Waals surface area contributed by atoms with Crippen LogP contribution < -0.4 is 15.1 Å². The fourth-order valence-electron chi connectivity index (χ4n) is 2.33. The Labute approximate surface area is 127 Å². The molecule has 0 saturated carbocycles. The van der Waals surface area contributed by atoms with Crippen molar-refractivity contribution >= 4 is 11.8 Å². The van der Waals surface area contributed by atoms with E-state index in [0.717, 1.165) is 28.3 Å². The molecular weight excluding hydrogens is 284 g/mol. The predicted molar refractivity (Wildman–Crippen MR) is 81.5 cm³/mol. The number of hydrogen-bond donors (Lipinski definition) is 1. The lowest BCUT2D eigenvalue weighted by Gasteiger charge is -2.22. The summed E-state index contributed by atoms with van der Waals surface area (Å²) in [5, 5.41) is 10.7. The molecule has 0 saturated heterocycles. The van der Waals surface area contributed by atoms with Crippen LogP contribution in [-0.2, 0) is 6.42 Å². The molecule has 1 N–H and O–H groups in total. The Morgan fingerprint density at radius 1 is 1.27 bits per heavy atom. The van der Waals surface area contributed by atoms with Crippen molar-refractivity contribution in [3.05, 3.63) is 69.4 Å². The van der Waals surface area contributed by atoms with Crippen molar-refractivity contribution in [1.82, 2.24) is 5.48 Å². The van der Waals surface area contributed by atoms with E-state index >= 15 is 0 Å². The van der Waals surface area contributed by atoms with E-state index in [1.54, 1.807) is 19.2 Å². The van der Waals surface area contributed by atoms with Crippen molar-refractivity contribution in [2.75, 3.05) is 7.11 Å². The van der Waals surface area contributed by atoms with Crippen LogP contribution in [0.5, 0.6) is 11.5 Å². The molecule has 0 aliphatic carbocycles. The number of nitro groups is 1. The summed E-state index contributed by atoms with van der Waals surface area (Å²) in [6, 6.07) is 12.0. The average Bonchev–Trinajstić information content (AvgIpc) is 2.54. The molecule has 6 nitrogen and oxygen atoms in total. The van der Waals surface area contributed by atoms with Gasteiger partial charge in [-0.15, -0.1) is 0 Å². The Morgan fingerprint density at radius 3 is 2.73 bits per heavy atom. The molecule has 0 unspecified atom stereocenters. The molecule has 0 atom stereocenters. The highest BCUT2D eigenvalue weighted by molar-refractivity contribution is 5.58. The van der Waals surface area contributed by atoms with E-state index in [2.05, 4.69) is 5.48 Å². The van der Waals surface area contributed by atoms with Gasteiger partial charge in [0.15, 0.2) is 5.75 Å². The average molecular weight is 298 g/mol. The molecule has 3 rings (SSSR count). The SMILES string of the molecule is COc1cccc2c1C/C(=C\c1ccc([N+](=O)[O-])cc1)NO2. The summed E-state index contributed by atoms with van der Waals surface area (Å²) in [4.78, 5) is 15.7. The van der Waals surface area contributed by atoms with Gasteiger partial charge < -0.3 is 9.57 Å². The van der Waals surface area contributed by atoms with Crippen molar-refractivity contribution in [1.29, 1.82) is 0 Å². The standard InChI is InChI=1S/C16H14N2O4/c1-21-15-3-2-4-16-14(15)10-12(17-22-16)9-11-5-7-13(8-6-11)18(19)20/h2-9,17H,10H2,1H3/b12-9+. The van der Waals surface area contributed by atoms with E-state index in [1.165, 1.54) is 12.1 Å². The summed E-state index contributed by atoms with van der Waals surface area (Å²) in [7, 11) is 1.62. The van der Waals surface area contributed by atoms with Crippen LogP contribution in [0.25, 0.3) is 6.08 Å². The Bertz CT molecular complexity index is 724. The minimum absolute atomic E-state index is 0.0713. The maximum Gasteiger partial charge on any atom is 0.269 e. The molecule has 2 aromatic rings. The Kier molecular flexibility index (Phi) is 3.65. The van der Waals surface area contributed by atoms with Gasteiger partial charge in [-0.1, -0.05) is 6.07 Å². The van der Waals surface area contributed by atoms with E-state index < -0.39 is 4.92 Å². The third-order valence-corrected chi connectivity index (χ3v) is 3.41. The van der Waals surface area contributed by atoms with Crippen LogP contribution in [0.1, 0.15) is 11.1 Å². The van der Waals surface area contributed by atoms with E-state index in [0.29, 0.717) is 6.42 Å². The molecule has 0 aromatic heterocycles. The third kappa shape index (κ3) is 2.71. The Hall–Kier alpha value is -3.02. The molecule has 1 aliphatic heterocycles. The molecule has 0 bridgehead atoms. The number of benzene rings is 2. The van der Waals surface area contributed by atoms with Crippen LogP contribution >= 0.6 is 0 Å². The van der Waals surface area contributed by atoms with Crippen LogP contribution in [0.15, 0.2) is 48.2 Å². The van der Waals surface area contributed by atoms with Crippen LogP contribution in [-0.4, -0.2) is 12.0 Å². The third-order valence-electron chi connectivity index (χ3n) is 3.41. The highest BCUT2D eigenvalue weighted by Gasteiger charge is 2.18. The number of hydroxylamine groups is 1. The quantitative estimate of drug-likeness (QED) is 0.696. The maximum atomic E-state index is 10.7. The summed E-state index contributed by atoms with van der Waals surface area (Å²) < 4.78 is 5.34. The van der Waals surface area contributed by atoms with Gasteiger partial charge in [-0.05, 0) is 35.9 Å². The van der Waals surface area contributed by atoms with Gasteiger partial charge >= 0.3 is 0 Å². The molecular formula is C16H14N2O4. The number of allylic oxidation sites excluding steroid dienone is 1. The number of rotatable bonds is 3. The molecule has 0 radical (unpaired) electrons. The molecule has 2 aromatic carbocycles. The number of fused-ring (bicyclic) bond motifs is 1. The largest absolute Gasteiger partial charge is 0.496 e. The summed E-state index contributed by atoms with van der Waals surface area (Å²) in [6.45, 7) is 0. The monoisotopic (exact) mass is 298 g/mol. The zero-order valence-corrected chi connectivity index (χ0v) is 11.9. The number of hydrogen-bond acceptors (Lipinski definition) is 5. The summed E-state index contributed by atoms with van der Waals surface area (Å²) in [5.74, 6) is 1.51. The smallest absolute Gasteiger partial charge is 0.269 e. The van der Waals surface area contributed by atoms with Gasteiger partial charge in [-0.3, -0.25) is 10.1 Å². The number of nitrogens with one attached hydrogen (secondary N) is 1. The molecule has 1 heterocycles. The maximum absolute atomic E-state index is 10.7. The number of ether oxygens (including phenoxy) is 1. The fraction of sp³-hybridized carbons (Fsp3) is 0.125. The molecule has 6 heteroatoms. The highest BCUT2D eigenvalue weighted by atomic mass is 16.6. The summed E-state index contributed by atoms with van der Waals surface area (Å²) in [5.41, 5.74) is 5.63. The topological polar surface area (TPSA) is 73.6 Å². The van der Waals surface area contributed by atoms with Crippen LogP contribution in [0.3, 0.4) is 0 Å². The van der Waals surface area contributed by atoms with Gasteiger partial charge in [-0.25, -0.2) is 5.48 Å². The zero-order valence-electron chi connectivity index (χ0n) is 11.9. The van der Waals surface area contributed by atoms with Gasteiger partial charge in [0, 0.05) is 24.1 Å². The van der Waals surface area contributed by atoms with E-state index in [1.807, 2.05) is 24.3 Å². The van der Waals surface area contributed by atoms with Gasteiger partial charge in [0.05, 0.1) is 17.7 Å². The van der Waals surface area contributed by atoms with Crippen molar-refractivity contribution in [3.8, 4) is 11.5 Å². The van der Waals surface area contributed by atoms with Gasteiger partial charge in [0.1, 0.15) is 5.75 Å². The summed E-state index contributed by atoms with van der Waals surface area (Å²) >= 11 is 0. The second-order valence-corrected chi connectivity index (χ2v) is 4.84. The Balaban J connectivity index is 1.86. The number of methoxy groups -OCH3 is 1.